The topological polar surface area (TPSA) is 114 Å². The quantitative estimate of drug-likeness (QED) is 0.620. The molecule has 18 heavy (non-hydrogen) atoms. The fraction of sp³-hybridized carbons (Fsp3) is 0.727. The number of hydrogen-bond acceptors (Lipinski definition) is 4. The zero-order valence-corrected chi connectivity index (χ0v) is 10.8. The molecule has 0 rings (SSSR count). The van der Waals surface area contributed by atoms with Gasteiger partial charge in [0.05, 0.1) is 18.5 Å². The van der Waals surface area contributed by atoms with Crippen LogP contribution in [0.4, 0.5) is 4.79 Å². The lowest BCUT2D eigenvalue weighted by Gasteiger charge is -2.25. The van der Waals surface area contributed by atoms with E-state index in [9.17, 15) is 14.7 Å². The van der Waals surface area contributed by atoms with Gasteiger partial charge in [0, 0.05) is 13.1 Å². The number of nitriles is 1. The van der Waals surface area contributed by atoms with Crippen LogP contribution in [0.1, 0.15) is 20.8 Å². The molecule has 0 saturated carbocycles. The van der Waals surface area contributed by atoms with E-state index in [1.165, 1.54) is 4.90 Å². The first-order valence-corrected chi connectivity index (χ1v) is 5.62. The lowest BCUT2D eigenvalue weighted by Crippen LogP contribution is -2.50. The fourth-order valence-electron chi connectivity index (χ4n) is 1.16. The van der Waals surface area contributed by atoms with Gasteiger partial charge in [-0.05, 0) is 20.8 Å². The highest BCUT2D eigenvalue weighted by Gasteiger charge is 2.30. The van der Waals surface area contributed by atoms with Crippen LogP contribution in [-0.4, -0.2) is 52.3 Å². The van der Waals surface area contributed by atoms with Gasteiger partial charge in [-0.2, -0.15) is 5.26 Å². The van der Waals surface area contributed by atoms with Crippen molar-refractivity contribution in [2.24, 2.45) is 5.92 Å². The first-order valence-electron chi connectivity index (χ1n) is 5.62. The Morgan fingerprint density at radius 2 is 2.11 bits per heavy atom. The molecule has 2 unspecified atom stereocenters. The van der Waals surface area contributed by atoms with Crippen molar-refractivity contribution in [3.63, 3.8) is 0 Å². The van der Waals surface area contributed by atoms with Crippen LogP contribution in [0.3, 0.4) is 0 Å². The second kappa shape index (κ2) is 6.81. The minimum absolute atomic E-state index is 0.258. The molecule has 102 valence electrons. The standard InChI is InChI=1S/C11H19N3O4/c1-4-14(6-8(2)5-12)10(17)13-7-11(3,18)9(15)16/h8,18H,4,6-7H2,1-3H3,(H,13,17)(H,15,16). The number of carbonyl (C=O) groups excluding carboxylic acids is 1. The van der Waals surface area contributed by atoms with E-state index >= 15 is 0 Å². The molecule has 0 fully saturated rings. The number of aliphatic hydroxyl groups is 1. The van der Waals surface area contributed by atoms with Gasteiger partial charge in [-0.15, -0.1) is 0 Å². The molecule has 0 bridgehead atoms. The van der Waals surface area contributed by atoms with Crippen molar-refractivity contribution < 1.29 is 19.8 Å². The summed E-state index contributed by atoms with van der Waals surface area (Å²) < 4.78 is 0. The van der Waals surface area contributed by atoms with Gasteiger partial charge in [0.1, 0.15) is 0 Å². The minimum Gasteiger partial charge on any atom is -0.479 e. The van der Waals surface area contributed by atoms with Crippen LogP contribution >= 0.6 is 0 Å². The number of nitrogens with zero attached hydrogens (tertiary/aromatic N) is 2. The highest BCUT2D eigenvalue weighted by Crippen LogP contribution is 2.03. The van der Waals surface area contributed by atoms with Gasteiger partial charge in [0.15, 0.2) is 5.60 Å². The molecule has 2 amide bonds. The molecule has 0 saturated heterocycles. The summed E-state index contributed by atoms with van der Waals surface area (Å²) in [6.07, 6.45) is 0. The summed E-state index contributed by atoms with van der Waals surface area (Å²) in [5.74, 6) is -1.72. The second-order valence-electron chi connectivity index (χ2n) is 4.31. The van der Waals surface area contributed by atoms with Gasteiger partial charge in [-0.1, -0.05) is 0 Å². The Morgan fingerprint density at radius 3 is 2.50 bits per heavy atom. The van der Waals surface area contributed by atoms with Gasteiger partial charge in [0.25, 0.3) is 0 Å². The van der Waals surface area contributed by atoms with Crippen LogP contribution in [0.5, 0.6) is 0 Å². The summed E-state index contributed by atoms with van der Waals surface area (Å²) in [7, 11) is 0. The number of carbonyl (C=O) groups is 2. The van der Waals surface area contributed by atoms with Crippen LogP contribution in [0.15, 0.2) is 0 Å². The van der Waals surface area contributed by atoms with Crippen molar-refractivity contribution >= 4 is 12.0 Å². The third-order valence-corrected chi connectivity index (χ3v) is 2.43. The van der Waals surface area contributed by atoms with E-state index in [1.54, 1.807) is 13.8 Å². The Morgan fingerprint density at radius 1 is 1.56 bits per heavy atom. The maximum atomic E-state index is 11.7. The average Bonchev–Trinajstić information content (AvgIpc) is 2.32. The zero-order valence-electron chi connectivity index (χ0n) is 10.8. The SMILES string of the molecule is CCN(CC(C)C#N)C(=O)NCC(C)(O)C(=O)O. The number of nitrogens with one attached hydrogen (secondary N) is 1. The molecular weight excluding hydrogens is 238 g/mol. The Labute approximate surface area is 106 Å². The summed E-state index contributed by atoms with van der Waals surface area (Å²) in [4.78, 5) is 23.7. The van der Waals surface area contributed by atoms with E-state index in [0.717, 1.165) is 6.92 Å². The largest absolute Gasteiger partial charge is 0.479 e. The number of urea groups is 1. The molecule has 0 spiro atoms. The molecule has 0 aromatic heterocycles. The van der Waals surface area contributed by atoms with E-state index < -0.39 is 24.1 Å². The molecule has 7 nitrogen and oxygen atoms in total. The Balaban J connectivity index is 4.38. The van der Waals surface area contributed by atoms with E-state index in [4.69, 9.17) is 10.4 Å². The first kappa shape index (κ1) is 16.2. The molecule has 0 heterocycles. The number of carboxylic acid groups (broad SMARTS) is 1. The van der Waals surface area contributed by atoms with Crippen molar-refractivity contribution in [2.75, 3.05) is 19.6 Å². The lowest BCUT2D eigenvalue weighted by molar-refractivity contribution is -0.155. The van der Waals surface area contributed by atoms with E-state index in [-0.39, 0.29) is 12.5 Å². The van der Waals surface area contributed by atoms with Gasteiger partial charge in [-0.25, -0.2) is 9.59 Å². The molecule has 7 heteroatoms. The number of carboxylic acids is 1. The van der Waals surface area contributed by atoms with Crippen LogP contribution in [0, 0.1) is 17.2 Å². The first-order chi connectivity index (χ1) is 8.24. The highest BCUT2D eigenvalue weighted by atomic mass is 16.4. The Hall–Kier alpha value is -1.81. The van der Waals surface area contributed by atoms with Crippen molar-refractivity contribution in [3.8, 4) is 6.07 Å². The number of hydrogen-bond donors (Lipinski definition) is 3. The second-order valence-corrected chi connectivity index (χ2v) is 4.31. The summed E-state index contributed by atoms with van der Waals surface area (Å²) in [5.41, 5.74) is -2.00. The summed E-state index contributed by atoms with van der Waals surface area (Å²) in [6.45, 7) is 4.80. The average molecular weight is 257 g/mol. The van der Waals surface area contributed by atoms with Crippen LogP contribution in [-0.2, 0) is 4.79 Å². The van der Waals surface area contributed by atoms with Gasteiger partial charge >= 0.3 is 12.0 Å². The maximum Gasteiger partial charge on any atom is 0.337 e. The molecule has 0 aliphatic heterocycles. The molecule has 0 aliphatic rings. The summed E-state index contributed by atoms with van der Waals surface area (Å²) in [6, 6.07) is 1.51. The van der Waals surface area contributed by atoms with Crippen molar-refractivity contribution in [1.29, 1.82) is 5.26 Å². The normalized spacial score (nSPS) is 15.1. The Bertz CT molecular complexity index is 349. The number of rotatable bonds is 6. The predicted molar refractivity (Wildman–Crippen MR) is 63.7 cm³/mol. The van der Waals surface area contributed by atoms with Gasteiger partial charge in [-0.3, -0.25) is 0 Å². The third kappa shape index (κ3) is 5.01. The fourth-order valence-corrected chi connectivity index (χ4v) is 1.16. The van der Waals surface area contributed by atoms with E-state index in [1.807, 2.05) is 6.07 Å². The zero-order chi connectivity index (χ0) is 14.3. The Kier molecular flexibility index (Phi) is 6.13. The molecular formula is C11H19N3O4. The molecule has 0 aromatic rings. The predicted octanol–water partition coefficient (Wildman–Crippen LogP) is 0.0132. The number of amides is 2. The van der Waals surface area contributed by atoms with Crippen LogP contribution in [0.2, 0.25) is 0 Å². The van der Waals surface area contributed by atoms with Crippen molar-refractivity contribution in [2.45, 2.75) is 26.4 Å². The summed E-state index contributed by atoms with van der Waals surface area (Å²) in [5, 5.41) is 29.1. The van der Waals surface area contributed by atoms with Gasteiger partial charge in [0.2, 0.25) is 0 Å². The van der Waals surface area contributed by atoms with Crippen LogP contribution < -0.4 is 5.32 Å². The molecule has 0 aromatic carbocycles. The number of aliphatic carboxylic acids is 1. The molecule has 0 radical (unpaired) electrons. The van der Waals surface area contributed by atoms with Crippen LogP contribution in [0.25, 0.3) is 0 Å². The minimum atomic E-state index is -2.00. The maximum absolute atomic E-state index is 11.7. The molecule has 0 aliphatic carbocycles. The molecule has 3 N–H and O–H groups in total. The lowest BCUT2D eigenvalue weighted by atomic mass is 10.1. The highest BCUT2D eigenvalue weighted by molar-refractivity contribution is 5.79. The monoisotopic (exact) mass is 257 g/mol. The smallest absolute Gasteiger partial charge is 0.337 e. The van der Waals surface area contributed by atoms with Crippen molar-refractivity contribution in [1.82, 2.24) is 10.2 Å². The van der Waals surface area contributed by atoms with E-state index in [2.05, 4.69) is 5.32 Å². The molecule has 2 atom stereocenters. The van der Waals surface area contributed by atoms with E-state index in [0.29, 0.717) is 6.54 Å². The van der Waals surface area contributed by atoms with Crippen molar-refractivity contribution in [3.05, 3.63) is 0 Å². The summed E-state index contributed by atoms with van der Waals surface area (Å²) >= 11 is 0. The third-order valence-electron chi connectivity index (χ3n) is 2.43. The van der Waals surface area contributed by atoms with Gasteiger partial charge < -0.3 is 20.4 Å².